The molecule has 2 aromatic heterocycles. The van der Waals surface area contributed by atoms with Crippen molar-refractivity contribution in [1.82, 2.24) is 19.1 Å². The molecule has 58 heavy (non-hydrogen) atoms. The molecule has 2 heterocycles. The lowest BCUT2D eigenvalue weighted by atomic mass is 9.76. The minimum atomic E-state index is -1.80. The smallest absolute Gasteiger partial charge is 0.177 e. The molecule has 0 aliphatic rings. The molecule has 0 aliphatic carbocycles. The predicted molar refractivity (Wildman–Crippen MR) is 229 cm³/mol. The Morgan fingerprint density at radius 3 is 0.914 bits per heavy atom. The molecule has 0 spiro atoms. The molecular weight excluding hydrogens is 713 g/mol. The van der Waals surface area contributed by atoms with Crippen molar-refractivity contribution in [2.75, 3.05) is 7.11 Å². The molecule has 0 saturated carbocycles. The topological polar surface area (TPSA) is 65.1 Å². The summed E-state index contributed by atoms with van der Waals surface area (Å²) in [6.45, 7) is 0. The zero-order chi connectivity index (χ0) is 39.4. The quantitative estimate of drug-likeness (QED) is 0.126. The molecule has 0 fully saturated rings. The number of aromatic nitrogens is 4. The third kappa shape index (κ3) is 5.94. The highest BCUT2D eigenvalue weighted by atomic mass is 16.5. The summed E-state index contributed by atoms with van der Waals surface area (Å²) in [5.41, 5.74) is 4.25. The van der Waals surface area contributed by atoms with Crippen LogP contribution in [0.25, 0.3) is 0 Å². The van der Waals surface area contributed by atoms with Gasteiger partial charge in [-0.05, 0) is 51.1 Å². The monoisotopic (exact) mass is 754 g/mol. The van der Waals surface area contributed by atoms with Gasteiger partial charge in [0, 0.05) is 12.4 Å². The van der Waals surface area contributed by atoms with E-state index in [9.17, 15) is 5.11 Å². The van der Waals surface area contributed by atoms with Gasteiger partial charge in [-0.2, -0.15) is 0 Å². The lowest BCUT2D eigenvalue weighted by Gasteiger charge is -2.37. The molecule has 6 nitrogen and oxygen atoms in total. The van der Waals surface area contributed by atoms with Crippen LogP contribution in [0.1, 0.15) is 50.3 Å². The average molecular weight is 755 g/mol. The molecule has 0 unspecified atom stereocenters. The number of ether oxygens (including phenoxy) is 1. The van der Waals surface area contributed by atoms with Crippen molar-refractivity contribution in [3.05, 3.63) is 282 Å². The van der Waals surface area contributed by atoms with Crippen LogP contribution < -0.4 is 4.74 Å². The predicted octanol–water partition coefficient (Wildman–Crippen LogP) is 10.1. The molecule has 1 N–H and O–H groups in total. The van der Waals surface area contributed by atoms with E-state index in [2.05, 4.69) is 155 Å². The number of benzene rings is 7. The van der Waals surface area contributed by atoms with Crippen LogP contribution in [-0.4, -0.2) is 31.3 Å². The number of hydrogen-bond donors (Lipinski definition) is 1. The lowest BCUT2D eigenvalue weighted by molar-refractivity contribution is 0.116. The number of nitrogens with zero attached hydrogens (tertiary/aromatic N) is 4. The van der Waals surface area contributed by atoms with Crippen molar-refractivity contribution in [3.8, 4) is 5.75 Å². The SMILES string of the molecule is COc1ccc(C(O)(c2cn(C(c3ccccc3)(c3ccccc3)c3ccccc3)cn2)c2cn(C(c3ccccc3)(c3ccccc3)c3ccccc3)cn2)cc1. The van der Waals surface area contributed by atoms with Gasteiger partial charge in [0.05, 0.1) is 19.8 Å². The lowest BCUT2D eigenvalue weighted by Crippen LogP contribution is -2.37. The van der Waals surface area contributed by atoms with Crippen molar-refractivity contribution in [1.29, 1.82) is 0 Å². The zero-order valence-electron chi connectivity index (χ0n) is 32.1. The number of methoxy groups -OCH3 is 1. The first-order valence-electron chi connectivity index (χ1n) is 19.4. The van der Waals surface area contributed by atoms with Gasteiger partial charge in [-0.15, -0.1) is 0 Å². The van der Waals surface area contributed by atoms with Gasteiger partial charge < -0.3 is 19.0 Å². The van der Waals surface area contributed by atoms with Crippen molar-refractivity contribution < 1.29 is 9.84 Å². The third-order valence-electron chi connectivity index (χ3n) is 11.3. The van der Waals surface area contributed by atoms with E-state index in [4.69, 9.17) is 14.7 Å². The number of rotatable bonds is 12. The van der Waals surface area contributed by atoms with Crippen molar-refractivity contribution in [3.63, 3.8) is 0 Å². The van der Waals surface area contributed by atoms with E-state index in [1.54, 1.807) is 7.11 Å². The second-order valence-corrected chi connectivity index (χ2v) is 14.4. The second kappa shape index (κ2) is 15.3. The molecule has 282 valence electrons. The molecule has 7 aromatic carbocycles. The van der Waals surface area contributed by atoms with Crippen LogP contribution in [-0.2, 0) is 16.7 Å². The third-order valence-corrected chi connectivity index (χ3v) is 11.3. The first-order chi connectivity index (χ1) is 28.6. The van der Waals surface area contributed by atoms with Crippen molar-refractivity contribution in [2.24, 2.45) is 0 Å². The molecular formula is C52H42N4O2. The molecule has 0 atom stereocenters. The van der Waals surface area contributed by atoms with E-state index in [1.165, 1.54) is 0 Å². The fourth-order valence-electron chi connectivity index (χ4n) is 8.62. The van der Waals surface area contributed by atoms with Crippen LogP contribution in [0.3, 0.4) is 0 Å². The number of hydrogen-bond acceptors (Lipinski definition) is 4. The molecule has 0 radical (unpaired) electrons. The number of aliphatic hydroxyl groups is 1. The zero-order valence-corrected chi connectivity index (χ0v) is 32.1. The Kier molecular flexibility index (Phi) is 9.62. The first-order valence-corrected chi connectivity index (χ1v) is 19.4. The van der Waals surface area contributed by atoms with Crippen molar-refractivity contribution >= 4 is 0 Å². The summed E-state index contributed by atoms with van der Waals surface area (Å²) in [5, 5.41) is 13.6. The van der Waals surface area contributed by atoms with E-state index < -0.39 is 16.7 Å². The van der Waals surface area contributed by atoms with E-state index in [-0.39, 0.29) is 0 Å². The second-order valence-electron chi connectivity index (χ2n) is 14.4. The minimum Gasteiger partial charge on any atom is -0.497 e. The number of imidazole rings is 2. The molecule has 6 heteroatoms. The summed E-state index contributed by atoms with van der Waals surface area (Å²) in [7, 11) is 1.64. The van der Waals surface area contributed by atoms with E-state index in [1.807, 2.05) is 85.7 Å². The highest BCUT2D eigenvalue weighted by Crippen LogP contribution is 2.45. The van der Waals surface area contributed by atoms with Crippen LogP contribution in [0.4, 0.5) is 0 Å². The van der Waals surface area contributed by atoms with Gasteiger partial charge in [0.25, 0.3) is 0 Å². The molecule has 9 rings (SSSR count). The maximum Gasteiger partial charge on any atom is 0.177 e. The molecule has 9 aromatic rings. The van der Waals surface area contributed by atoms with Crippen LogP contribution in [0.15, 0.2) is 231 Å². The highest BCUT2D eigenvalue weighted by Gasteiger charge is 2.45. The average Bonchev–Trinajstić information content (AvgIpc) is 4.02. The van der Waals surface area contributed by atoms with E-state index in [0.29, 0.717) is 22.7 Å². The van der Waals surface area contributed by atoms with Gasteiger partial charge >= 0.3 is 0 Å². The van der Waals surface area contributed by atoms with Gasteiger partial charge in [-0.1, -0.05) is 194 Å². The Balaban J connectivity index is 1.30. The summed E-state index contributed by atoms with van der Waals surface area (Å²) in [6.07, 6.45) is 7.59. The normalized spacial score (nSPS) is 12.0. The minimum absolute atomic E-state index is 0.416. The van der Waals surface area contributed by atoms with Gasteiger partial charge in [0.1, 0.15) is 28.2 Å². The molecule has 0 saturated heterocycles. The fourth-order valence-corrected chi connectivity index (χ4v) is 8.62. The largest absolute Gasteiger partial charge is 0.497 e. The molecule has 0 amide bonds. The molecule has 0 aliphatic heterocycles. The summed E-state index contributed by atoms with van der Waals surface area (Å²) in [4.78, 5) is 10.2. The Morgan fingerprint density at radius 1 is 0.379 bits per heavy atom. The van der Waals surface area contributed by atoms with Gasteiger partial charge in [-0.25, -0.2) is 9.97 Å². The highest BCUT2D eigenvalue weighted by molar-refractivity contribution is 5.54. The summed E-state index contributed by atoms with van der Waals surface area (Å²) < 4.78 is 9.81. The van der Waals surface area contributed by atoms with Crippen LogP contribution in [0, 0.1) is 0 Å². The Hall–Kier alpha value is -7.28. The summed E-state index contributed by atoms with van der Waals surface area (Å²) >= 11 is 0. The van der Waals surface area contributed by atoms with E-state index >= 15 is 0 Å². The van der Waals surface area contributed by atoms with Crippen molar-refractivity contribution in [2.45, 2.75) is 16.7 Å². The van der Waals surface area contributed by atoms with Crippen LogP contribution in [0.2, 0.25) is 0 Å². The van der Waals surface area contributed by atoms with Crippen LogP contribution in [0.5, 0.6) is 5.75 Å². The summed E-state index contributed by atoms with van der Waals surface area (Å²) in [6, 6.07) is 70.2. The summed E-state index contributed by atoms with van der Waals surface area (Å²) in [5.74, 6) is 0.676. The standard InChI is InChI=1S/C52H42N4O2/c1-58-47-34-32-46(33-35-47)52(57,48-36-55(38-53-48)50(40-20-8-2-9-21-40,41-22-10-3-11-23-41)42-24-12-4-13-25-42)49-37-56(39-54-49)51(43-26-14-5-15-27-43,44-28-16-6-17-29-44)45-30-18-7-19-31-45/h2-39,57H,1H3. The maximum atomic E-state index is 13.6. The van der Waals surface area contributed by atoms with Crippen LogP contribution >= 0.6 is 0 Å². The van der Waals surface area contributed by atoms with E-state index in [0.717, 1.165) is 33.4 Å². The van der Waals surface area contributed by atoms with Gasteiger partial charge in [0.15, 0.2) is 5.60 Å². The fraction of sp³-hybridized carbons (Fsp3) is 0.0769. The Bertz CT molecular complexity index is 2340. The molecule has 0 bridgehead atoms. The Labute approximate surface area is 339 Å². The first kappa shape index (κ1) is 36.4. The van der Waals surface area contributed by atoms with Gasteiger partial charge in [0.2, 0.25) is 0 Å². The maximum absolute atomic E-state index is 13.6. The Morgan fingerprint density at radius 2 is 0.655 bits per heavy atom. The van der Waals surface area contributed by atoms with Gasteiger partial charge in [-0.3, -0.25) is 0 Å².